The van der Waals surface area contributed by atoms with Crippen LogP contribution in [0.25, 0.3) is 5.69 Å². The molecule has 1 aromatic heterocycles. The molecule has 1 atom stereocenters. The fourth-order valence-electron chi connectivity index (χ4n) is 1.99. The maximum Gasteiger partial charge on any atom is 0.274 e. The number of aliphatic hydroxyl groups excluding tert-OH is 1. The summed E-state index contributed by atoms with van der Waals surface area (Å²) in [6.45, 7) is 2.20. The van der Waals surface area contributed by atoms with Crippen LogP contribution >= 0.6 is 0 Å². The van der Waals surface area contributed by atoms with Gasteiger partial charge in [-0.3, -0.25) is 4.79 Å². The zero-order chi connectivity index (χ0) is 16.1. The Balaban J connectivity index is 2.08. The second-order valence-corrected chi connectivity index (χ2v) is 5.21. The van der Waals surface area contributed by atoms with E-state index in [-0.39, 0.29) is 5.91 Å². The molecule has 1 amide bonds. The number of aromatic nitrogens is 2. The Kier molecular flexibility index (Phi) is 5.16. The van der Waals surface area contributed by atoms with Crippen LogP contribution in [0.5, 0.6) is 5.75 Å². The molecule has 0 saturated heterocycles. The number of hydrogen-bond acceptors (Lipinski definition) is 4. The van der Waals surface area contributed by atoms with Crippen molar-refractivity contribution in [1.29, 1.82) is 0 Å². The van der Waals surface area contributed by atoms with E-state index in [0.717, 1.165) is 11.4 Å². The number of hydrogen-bond donors (Lipinski definition) is 1. The summed E-state index contributed by atoms with van der Waals surface area (Å²) in [5.41, 5.74) is 1.23. The number of carbonyl (C=O) groups is 1. The number of ether oxygens (including phenoxy) is 1. The highest BCUT2D eigenvalue weighted by Gasteiger charge is 2.15. The summed E-state index contributed by atoms with van der Waals surface area (Å²) in [5, 5.41) is 13.6. The normalized spacial score (nSPS) is 12.0. The summed E-state index contributed by atoms with van der Waals surface area (Å²) in [6.07, 6.45) is 1.87. The summed E-state index contributed by atoms with van der Waals surface area (Å²) in [7, 11) is 3.32. The molecular formula is C16H21N3O3. The van der Waals surface area contributed by atoms with Crippen LogP contribution in [-0.4, -0.2) is 52.5 Å². The summed E-state index contributed by atoms with van der Waals surface area (Å²) in [6, 6.07) is 9.11. The molecule has 0 aliphatic heterocycles. The van der Waals surface area contributed by atoms with E-state index in [1.54, 1.807) is 42.9 Å². The molecule has 6 nitrogen and oxygen atoms in total. The predicted octanol–water partition coefficient (Wildman–Crippen LogP) is 1.72. The van der Waals surface area contributed by atoms with Crippen molar-refractivity contribution in [3.8, 4) is 11.4 Å². The van der Waals surface area contributed by atoms with Crippen molar-refractivity contribution in [3.05, 3.63) is 42.2 Å². The van der Waals surface area contributed by atoms with Crippen molar-refractivity contribution in [2.75, 3.05) is 20.7 Å². The van der Waals surface area contributed by atoms with Gasteiger partial charge in [0.1, 0.15) is 5.75 Å². The standard InChI is InChI=1S/C16H21N3O3/c1-12(20)8-10-18(2)16(21)15-9-11-19(17-15)13-4-6-14(22-3)7-5-13/h4-7,9,11-12,20H,8,10H2,1-3H3. The van der Waals surface area contributed by atoms with Crippen molar-refractivity contribution >= 4 is 5.91 Å². The van der Waals surface area contributed by atoms with Crippen LogP contribution in [0, 0.1) is 0 Å². The summed E-state index contributed by atoms with van der Waals surface area (Å²) < 4.78 is 6.76. The third-order valence-corrected chi connectivity index (χ3v) is 3.37. The van der Waals surface area contributed by atoms with E-state index in [1.807, 2.05) is 24.3 Å². The van der Waals surface area contributed by atoms with Crippen LogP contribution in [0.15, 0.2) is 36.5 Å². The van der Waals surface area contributed by atoms with Gasteiger partial charge < -0.3 is 14.7 Å². The molecule has 1 unspecified atom stereocenters. The topological polar surface area (TPSA) is 67.6 Å². The van der Waals surface area contributed by atoms with Gasteiger partial charge in [-0.2, -0.15) is 5.10 Å². The second-order valence-electron chi connectivity index (χ2n) is 5.21. The average Bonchev–Trinajstić information content (AvgIpc) is 3.01. The van der Waals surface area contributed by atoms with Gasteiger partial charge in [0.25, 0.3) is 5.91 Å². The Bertz CT molecular complexity index is 620. The zero-order valence-electron chi connectivity index (χ0n) is 13.1. The molecule has 6 heteroatoms. The third-order valence-electron chi connectivity index (χ3n) is 3.37. The Labute approximate surface area is 129 Å². The highest BCUT2D eigenvalue weighted by molar-refractivity contribution is 5.92. The van der Waals surface area contributed by atoms with E-state index in [0.29, 0.717) is 18.7 Å². The minimum absolute atomic E-state index is 0.159. The van der Waals surface area contributed by atoms with Gasteiger partial charge in [-0.25, -0.2) is 4.68 Å². The predicted molar refractivity (Wildman–Crippen MR) is 83.4 cm³/mol. The number of nitrogens with zero attached hydrogens (tertiary/aromatic N) is 3. The van der Waals surface area contributed by atoms with Gasteiger partial charge in [-0.1, -0.05) is 0 Å². The van der Waals surface area contributed by atoms with Crippen LogP contribution in [0.4, 0.5) is 0 Å². The SMILES string of the molecule is COc1ccc(-n2ccc(C(=O)N(C)CCC(C)O)n2)cc1. The fourth-order valence-corrected chi connectivity index (χ4v) is 1.99. The highest BCUT2D eigenvalue weighted by Crippen LogP contribution is 2.15. The van der Waals surface area contributed by atoms with Crippen LogP contribution in [-0.2, 0) is 0 Å². The number of methoxy groups -OCH3 is 1. The number of rotatable bonds is 6. The smallest absolute Gasteiger partial charge is 0.274 e. The zero-order valence-corrected chi connectivity index (χ0v) is 13.1. The lowest BCUT2D eigenvalue weighted by molar-refractivity contribution is 0.0763. The van der Waals surface area contributed by atoms with Gasteiger partial charge in [0.2, 0.25) is 0 Å². The molecule has 22 heavy (non-hydrogen) atoms. The first kappa shape index (κ1) is 16.0. The lowest BCUT2D eigenvalue weighted by atomic mass is 10.2. The molecule has 2 rings (SSSR count). The molecule has 0 saturated carbocycles. The van der Waals surface area contributed by atoms with Crippen molar-refractivity contribution in [2.24, 2.45) is 0 Å². The Morgan fingerprint density at radius 2 is 2.05 bits per heavy atom. The van der Waals surface area contributed by atoms with Crippen LogP contribution in [0.1, 0.15) is 23.8 Å². The van der Waals surface area contributed by atoms with E-state index < -0.39 is 6.10 Å². The minimum atomic E-state index is -0.424. The number of benzene rings is 1. The first-order chi connectivity index (χ1) is 10.5. The van der Waals surface area contributed by atoms with Gasteiger partial charge in [-0.15, -0.1) is 0 Å². The molecule has 2 aromatic rings. The molecular weight excluding hydrogens is 282 g/mol. The Morgan fingerprint density at radius 1 is 1.36 bits per heavy atom. The molecule has 0 aliphatic rings. The second kappa shape index (κ2) is 7.09. The molecule has 0 radical (unpaired) electrons. The maximum atomic E-state index is 12.3. The van der Waals surface area contributed by atoms with Gasteiger partial charge in [0.05, 0.1) is 18.9 Å². The number of carbonyl (C=O) groups excluding carboxylic acids is 1. The molecule has 0 fully saturated rings. The van der Waals surface area contributed by atoms with Crippen LogP contribution in [0.3, 0.4) is 0 Å². The third kappa shape index (κ3) is 3.85. The first-order valence-electron chi connectivity index (χ1n) is 7.15. The summed E-state index contributed by atoms with van der Waals surface area (Å²) in [4.78, 5) is 13.8. The van der Waals surface area contributed by atoms with E-state index in [1.165, 1.54) is 0 Å². The maximum absolute atomic E-state index is 12.3. The van der Waals surface area contributed by atoms with E-state index in [4.69, 9.17) is 4.74 Å². The van der Waals surface area contributed by atoms with E-state index in [9.17, 15) is 9.90 Å². The van der Waals surface area contributed by atoms with Crippen LogP contribution < -0.4 is 4.74 Å². The van der Waals surface area contributed by atoms with Crippen molar-refractivity contribution in [2.45, 2.75) is 19.4 Å². The average molecular weight is 303 g/mol. The fraction of sp³-hybridized carbons (Fsp3) is 0.375. The Hall–Kier alpha value is -2.34. The number of aliphatic hydroxyl groups is 1. The van der Waals surface area contributed by atoms with Crippen molar-refractivity contribution in [1.82, 2.24) is 14.7 Å². The van der Waals surface area contributed by atoms with Crippen molar-refractivity contribution in [3.63, 3.8) is 0 Å². The summed E-state index contributed by atoms with van der Waals surface area (Å²) in [5.74, 6) is 0.609. The van der Waals surface area contributed by atoms with E-state index in [2.05, 4.69) is 5.10 Å². The molecule has 0 aliphatic carbocycles. The highest BCUT2D eigenvalue weighted by atomic mass is 16.5. The van der Waals surface area contributed by atoms with Gasteiger partial charge >= 0.3 is 0 Å². The molecule has 0 spiro atoms. The lowest BCUT2D eigenvalue weighted by Crippen LogP contribution is -2.29. The molecule has 1 heterocycles. The monoisotopic (exact) mass is 303 g/mol. The lowest BCUT2D eigenvalue weighted by Gasteiger charge is -2.16. The Morgan fingerprint density at radius 3 is 2.64 bits per heavy atom. The molecule has 1 aromatic carbocycles. The van der Waals surface area contributed by atoms with Crippen molar-refractivity contribution < 1.29 is 14.6 Å². The largest absolute Gasteiger partial charge is 0.497 e. The molecule has 0 bridgehead atoms. The summed E-state index contributed by atoms with van der Waals surface area (Å²) >= 11 is 0. The van der Waals surface area contributed by atoms with Gasteiger partial charge in [0, 0.05) is 19.8 Å². The molecule has 1 N–H and O–H groups in total. The van der Waals surface area contributed by atoms with Gasteiger partial charge in [0.15, 0.2) is 5.69 Å². The van der Waals surface area contributed by atoms with E-state index >= 15 is 0 Å². The number of amides is 1. The quantitative estimate of drug-likeness (QED) is 0.882. The van der Waals surface area contributed by atoms with Crippen LogP contribution in [0.2, 0.25) is 0 Å². The molecule has 118 valence electrons. The minimum Gasteiger partial charge on any atom is -0.497 e. The van der Waals surface area contributed by atoms with Gasteiger partial charge in [-0.05, 0) is 43.7 Å². The first-order valence-corrected chi connectivity index (χ1v) is 7.15.